The van der Waals surface area contributed by atoms with Gasteiger partial charge in [0.05, 0.1) is 5.92 Å². The first-order valence-electron chi connectivity index (χ1n) is 12.0. The molecule has 0 bridgehead atoms. The average molecular weight is 472 g/mol. The van der Waals surface area contributed by atoms with Gasteiger partial charge in [0.15, 0.2) is 0 Å². The van der Waals surface area contributed by atoms with Gasteiger partial charge in [0, 0.05) is 62.1 Å². The number of anilines is 1. The monoisotopic (exact) mass is 471 g/mol. The van der Waals surface area contributed by atoms with Crippen molar-refractivity contribution in [2.75, 3.05) is 50.7 Å². The molecule has 3 heterocycles. The molecule has 0 spiro atoms. The van der Waals surface area contributed by atoms with E-state index in [-0.39, 0.29) is 11.8 Å². The van der Waals surface area contributed by atoms with Gasteiger partial charge in [0.2, 0.25) is 5.91 Å². The first-order valence-corrected chi connectivity index (χ1v) is 12.4. The van der Waals surface area contributed by atoms with E-state index >= 15 is 0 Å². The number of aromatic nitrogens is 2. The summed E-state index contributed by atoms with van der Waals surface area (Å²) >= 11 is 6.09. The SMILES string of the molecule is C[C@@H]1CCc2ncnc(N3CCN(C(=O)[C@@H](CN4CC[C@H](F)C4)c4ccc(Cl)cc4)CC3)c21. The van der Waals surface area contributed by atoms with Gasteiger partial charge < -0.3 is 9.80 Å². The van der Waals surface area contributed by atoms with Crippen LogP contribution in [0.4, 0.5) is 10.2 Å². The van der Waals surface area contributed by atoms with Crippen LogP contribution in [0, 0.1) is 0 Å². The number of aryl methyl sites for hydroxylation is 1. The Hall–Kier alpha value is -2.25. The highest BCUT2D eigenvalue weighted by molar-refractivity contribution is 6.30. The van der Waals surface area contributed by atoms with Crippen LogP contribution in [-0.4, -0.2) is 77.7 Å². The number of rotatable bonds is 5. The maximum atomic E-state index is 13.8. The summed E-state index contributed by atoms with van der Waals surface area (Å²) in [4.78, 5) is 29.1. The van der Waals surface area contributed by atoms with E-state index in [1.165, 1.54) is 11.3 Å². The molecule has 1 aromatic carbocycles. The number of carbonyl (C=O) groups excluding carboxylic acids is 1. The number of hydrogen-bond acceptors (Lipinski definition) is 5. The Labute approximate surface area is 199 Å². The fourth-order valence-corrected chi connectivity index (χ4v) is 5.59. The topological polar surface area (TPSA) is 52.6 Å². The second kappa shape index (κ2) is 9.55. The molecular formula is C25H31ClFN5O. The number of hydrogen-bond donors (Lipinski definition) is 0. The van der Waals surface area contributed by atoms with E-state index in [0.717, 1.165) is 37.3 Å². The van der Waals surface area contributed by atoms with Gasteiger partial charge in [-0.05, 0) is 42.9 Å². The van der Waals surface area contributed by atoms with Gasteiger partial charge in [-0.2, -0.15) is 0 Å². The van der Waals surface area contributed by atoms with E-state index in [4.69, 9.17) is 11.6 Å². The number of fused-ring (bicyclic) bond motifs is 1. The Morgan fingerprint density at radius 1 is 1.12 bits per heavy atom. The third kappa shape index (κ3) is 4.71. The lowest BCUT2D eigenvalue weighted by molar-refractivity contribution is -0.133. The Kier molecular flexibility index (Phi) is 6.52. The molecule has 1 amide bonds. The van der Waals surface area contributed by atoms with Crippen molar-refractivity contribution in [1.29, 1.82) is 0 Å². The molecule has 3 atom stereocenters. The number of carbonyl (C=O) groups is 1. The van der Waals surface area contributed by atoms with Crippen molar-refractivity contribution >= 4 is 23.3 Å². The van der Waals surface area contributed by atoms with Crippen LogP contribution >= 0.6 is 11.6 Å². The summed E-state index contributed by atoms with van der Waals surface area (Å²) in [5.74, 6) is 1.31. The lowest BCUT2D eigenvalue weighted by Crippen LogP contribution is -2.51. The molecule has 8 heteroatoms. The van der Waals surface area contributed by atoms with Gasteiger partial charge in [-0.1, -0.05) is 30.7 Å². The molecule has 6 nitrogen and oxygen atoms in total. The number of likely N-dealkylation sites (tertiary alicyclic amines) is 1. The highest BCUT2D eigenvalue weighted by Crippen LogP contribution is 2.37. The van der Waals surface area contributed by atoms with Crippen molar-refractivity contribution < 1.29 is 9.18 Å². The largest absolute Gasteiger partial charge is 0.353 e. The fraction of sp³-hybridized carbons (Fsp3) is 0.560. The highest BCUT2D eigenvalue weighted by atomic mass is 35.5. The van der Waals surface area contributed by atoms with Crippen molar-refractivity contribution in [3.05, 3.63) is 52.4 Å². The number of benzene rings is 1. The summed E-state index contributed by atoms with van der Waals surface area (Å²) in [6.07, 6.45) is 3.56. The van der Waals surface area contributed by atoms with Gasteiger partial charge in [-0.25, -0.2) is 14.4 Å². The lowest BCUT2D eigenvalue weighted by Gasteiger charge is -2.38. The number of amides is 1. The van der Waals surface area contributed by atoms with Crippen LogP contribution in [-0.2, 0) is 11.2 Å². The molecule has 3 aliphatic rings. The van der Waals surface area contributed by atoms with E-state index in [2.05, 4.69) is 26.7 Å². The minimum absolute atomic E-state index is 0.112. The van der Waals surface area contributed by atoms with Crippen LogP contribution in [0.1, 0.15) is 48.4 Å². The van der Waals surface area contributed by atoms with Crippen LogP contribution in [0.15, 0.2) is 30.6 Å². The molecule has 1 aliphatic carbocycles. The van der Waals surface area contributed by atoms with Gasteiger partial charge in [-0.15, -0.1) is 0 Å². The van der Waals surface area contributed by atoms with Crippen molar-refractivity contribution in [3.8, 4) is 0 Å². The summed E-state index contributed by atoms with van der Waals surface area (Å²) in [6, 6.07) is 7.51. The van der Waals surface area contributed by atoms with E-state index < -0.39 is 6.17 Å². The molecule has 2 fully saturated rings. The average Bonchev–Trinajstić information content (AvgIpc) is 3.43. The number of nitrogens with zero attached hydrogens (tertiary/aromatic N) is 5. The van der Waals surface area contributed by atoms with E-state index in [9.17, 15) is 9.18 Å². The third-order valence-corrected chi connectivity index (χ3v) is 7.62. The molecule has 0 radical (unpaired) electrons. The number of halogens is 2. The Morgan fingerprint density at radius 2 is 1.88 bits per heavy atom. The number of alkyl halides is 1. The zero-order valence-electron chi connectivity index (χ0n) is 19.1. The Bertz CT molecular complexity index is 995. The molecular weight excluding hydrogens is 441 g/mol. The van der Waals surface area contributed by atoms with E-state index in [1.807, 2.05) is 29.2 Å². The normalized spacial score (nSPS) is 24.2. The van der Waals surface area contributed by atoms with Crippen molar-refractivity contribution in [1.82, 2.24) is 19.8 Å². The van der Waals surface area contributed by atoms with E-state index in [1.54, 1.807) is 6.33 Å². The summed E-state index contributed by atoms with van der Waals surface area (Å²) in [5.41, 5.74) is 3.40. The molecule has 176 valence electrons. The standard InChI is InChI=1S/C25H31ClFN5O/c1-17-2-7-22-23(17)24(29-16-28-22)31-10-12-32(13-11-31)25(33)21(15-30-9-8-20(27)14-30)18-3-5-19(26)6-4-18/h3-6,16-17,20-21H,2,7-15H2,1H3/t17-,20+,21+/m1/s1. The van der Waals surface area contributed by atoms with E-state index in [0.29, 0.717) is 50.1 Å². The first-order chi connectivity index (χ1) is 16.0. The highest BCUT2D eigenvalue weighted by Gasteiger charge is 2.34. The summed E-state index contributed by atoms with van der Waals surface area (Å²) in [7, 11) is 0. The van der Waals surface area contributed by atoms with Crippen molar-refractivity contribution in [2.45, 2.75) is 44.2 Å². The second-order valence-electron chi connectivity index (χ2n) is 9.56. The Morgan fingerprint density at radius 3 is 2.58 bits per heavy atom. The third-order valence-electron chi connectivity index (χ3n) is 7.37. The first kappa shape index (κ1) is 22.5. The smallest absolute Gasteiger partial charge is 0.231 e. The molecule has 33 heavy (non-hydrogen) atoms. The summed E-state index contributed by atoms with van der Waals surface area (Å²) in [5, 5.41) is 0.648. The van der Waals surface area contributed by atoms with Crippen LogP contribution in [0.2, 0.25) is 5.02 Å². The molecule has 0 unspecified atom stereocenters. The predicted octanol–water partition coefficient (Wildman–Crippen LogP) is 3.66. The predicted molar refractivity (Wildman–Crippen MR) is 128 cm³/mol. The second-order valence-corrected chi connectivity index (χ2v) is 10.00. The maximum absolute atomic E-state index is 13.8. The molecule has 2 aliphatic heterocycles. The Balaban J connectivity index is 1.30. The van der Waals surface area contributed by atoms with Gasteiger partial charge in [-0.3, -0.25) is 9.69 Å². The summed E-state index contributed by atoms with van der Waals surface area (Å²) in [6.45, 7) is 6.71. The van der Waals surface area contributed by atoms with Gasteiger partial charge in [0.1, 0.15) is 18.3 Å². The minimum Gasteiger partial charge on any atom is -0.353 e. The maximum Gasteiger partial charge on any atom is 0.231 e. The molecule has 5 rings (SSSR count). The molecule has 0 saturated carbocycles. The zero-order valence-corrected chi connectivity index (χ0v) is 19.8. The summed E-state index contributed by atoms with van der Waals surface area (Å²) < 4.78 is 13.8. The number of piperazine rings is 1. The molecule has 2 saturated heterocycles. The molecule has 2 aromatic rings. The van der Waals surface area contributed by atoms with Crippen LogP contribution in [0.25, 0.3) is 0 Å². The van der Waals surface area contributed by atoms with Gasteiger partial charge >= 0.3 is 0 Å². The minimum atomic E-state index is -0.800. The van der Waals surface area contributed by atoms with Crippen molar-refractivity contribution in [3.63, 3.8) is 0 Å². The fourth-order valence-electron chi connectivity index (χ4n) is 5.46. The van der Waals surface area contributed by atoms with Crippen molar-refractivity contribution in [2.24, 2.45) is 0 Å². The molecule has 0 N–H and O–H groups in total. The van der Waals surface area contributed by atoms with Crippen LogP contribution in [0.3, 0.4) is 0 Å². The quantitative estimate of drug-likeness (QED) is 0.666. The van der Waals surface area contributed by atoms with Gasteiger partial charge in [0.25, 0.3) is 0 Å². The lowest BCUT2D eigenvalue weighted by atomic mass is 9.96. The zero-order chi connectivity index (χ0) is 22.9. The van der Waals surface area contributed by atoms with Crippen LogP contribution in [0.5, 0.6) is 0 Å². The molecule has 1 aromatic heterocycles. The van der Waals surface area contributed by atoms with Crippen LogP contribution < -0.4 is 4.90 Å².